The number of hydrogen-bond acceptors (Lipinski definition) is 3. The summed E-state index contributed by atoms with van der Waals surface area (Å²) < 4.78 is 5.22. The quantitative estimate of drug-likeness (QED) is 0.809. The first-order valence-electron chi connectivity index (χ1n) is 7.58. The van der Waals surface area contributed by atoms with Crippen LogP contribution in [0.15, 0.2) is 30.3 Å². The van der Waals surface area contributed by atoms with Gasteiger partial charge in [-0.3, -0.25) is 4.79 Å². The molecule has 0 heterocycles. The van der Waals surface area contributed by atoms with Gasteiger partial charge in [0, 0.05) is 19.1 Å². The minimum absolute atomic E-state index is 0.0913. The lowest BCUT2D eigenvalue weighted by atomic mass is 10.2. The van der Waals surface area contributed by atoms with Gasteiger partial charge in [0.15, 0.2) is 0 Å². The van der Waals surface area contributed by atoms with Crippen LogP contribution in [0.3, 0.4) is 0 Å². The summed E-state index contributed by atoms with van der Waals surface area (Å²) in [6.07, 6.45) is -0.497. The highest BCUT2D eigenvalue weighted by atomic mass is 35.5. The molecule has 0 fully saturated rings. The van der Waals surface area contributed by atoms with Gasteiger partial charge in [-0.2, -0.15) is 0 Å². The number of amides is 2. The van der Waals surface area contributed by atoms with Crippen molar-refractivity contribution in [3.05, 3.63) is 35.9 Å². The lowest BCUT2D eigenvalue weighted by Crippen LogP contribution is -2.45. The van der Waals surface area contributed by atoms with Crippen molar-refractivity contribution in [2.45, 2.75) is 45.9 Å². The number of alkyl carbamates (subject to hydrolysis) is 1. The second-order valence-corrected chi connectivity index (χ2v) is 6.71. The average Bonchev–Trinajstić information content (AvgIpc) is 2.44. The van der Waals surface area contributed by atoms with Gasteiger partial charge in [0.05, 0.1) is 0 Å². The number of carbonyl (C=O) groups is 2. The normalized spacial score (nSPS) is 12.4. The first-order chi connectivity index (χ1) is 10.7. The Bertz CT molecular complexity index is 514. The van der Waals surface area contributed by atoms with E-state index in [-0.39, 0.29) is 17.8 Å². The summed E-state index contributed by atoms with van der Waals surface area (Å²) in [5, 5.41) is 2.73. The van der Waals surface area contributed by atoms with Crippen LogP contribution in [0.4, 0.5) is 4.79 Å². The van der Waals surface area contributed by atoms with Crippen molar-refractivity contribution in [2.75, 3.05) is 12.4 Å². The first kappa shape index (κ1) is 19.3. The van der Waals surface area contributed by atoms with E-state index in [0.717, 1.165) is 5.56 Å². The lowest BCUT2D eigenvalue weighted by molar-refractivity contribution is -0.129. The minimum atomic E-state index is -0.556. The van der Waals surface area contributed by atoms with E-state index in [9.17, 15) is 9.59 Å². The van der Waals surface area contributed by atoms with Crippen LogP contribution in [-0.4, -0.2) is 41.0 Å². The van der Waals surface area contributed by atoms with Crippen molar-refractivity contribution in [3.8, 4) is 0 Å². The maximum Gasteiger partial charge on any atom is 0.407 e. The zero-order chi connectivity index (χ0) is 17.5. The summed E-state index contributed by atoms with van der Waals surface area (Å²) in [7, 11) is 0. The molecule has 0 spiro atoms. The van der Waals surface area contributed by atoms with Crippen molar-refractivity contribution < 1.29 is 14.3 Å². The smallest absolute Gasteiger partial charge is 0.407 e. The molecule has 1 aromatic rings. The van der Waals surface area contributed by atoms with E-state index in [0.29, 0.717) is 13.1 Å². The summed E-state index contributed by atoms with van der Waals surface area (Å²) in [5.41, 5.74) is 0.454. The fraction of sp³-hybridized carbons (Fsp3) is 0.529. The number of rotatable bonds is 6. The molecule has 2 amide bonds. The average molecular weight is 341 g/mol. The molecule has 5 nitrogen and oxygen atoms in total. The molecule has 1 N–H and O–H groups in total. The number of nitrogens with zero attached hydrogens (tertiary/aromatic N) is 1. The Kier molecular flexibility index (Phi) is 7.36. The number of hydrogen-bond donors (Lipinski definition) is 1. The molecule has 0 radical (unpaired) electrons. The summed E-state index contributed by atoms with van der Waals surface area (Å²) in [4.78, 5) is 25.4. The lowest BCUT2D eigenvalue weighted by Gasteiger charge is -2.27. The number of nitrogens with one attached hydrogen (secondary N) is 1. The molecule has 0 aliphatic rings. The third-order valence-electron chi connectivity index (χ3n) is 2.94. The van der Waals surface area contributed by atoms with Gasteiger partial charge < -0.3 is 15.0 Å². The van der Waals surface area contributed by atoms with E-state index in [2.05, 4.69) is 5.32 Å². The van der Waals surface area contributed by atoms with Gasteiger partial charge in [0.1, 0.15) is 11.5 Å². The largest absolute Gasteiger partial charge is 0.444 e. The third-order valence-corrected chi connectivity index (χ3v) is 3.17. The van der Waals surface area contributed by atoms with Gasteiger partial charge in [-0.15, -0.1) is 11.6 Å². The van der Waals surface area contributed by atoms with E-state index in [1.165, 1.54) is 0 Å². The monoisotopic (exact) mass is 340 g/mol. The fourth-order valence-electron chi connectivity index (χ4n) is 2.03. The van der Waals surface area contributed by atoms with E-state index < -0.39 is 11.7 Å². The summed E-state index contributed by atoms with van der Waals surface area (Å²) >= 11 is 5.69. The van der Waals surface area contributed by atoms with Gasteiger partial charge in [-0.1, -0.05) is 30.3 Å². The molecule has 1 rings (SSSR count). The molecule has 0 saturated carbocycles. The van der Waals surface area contributed by atoms with Gasteiger partial charge >= 0.3 is 6.09 Å². The Morgan fingerprint density at radius 2 is 1.87 bits per heavy atom. The highest BCUT2D eigenvalue weighted by Crippen LogP contribution is 2.09. The maximum atomic E-state index is 12.0. The number of halogens is 1. The van der Waals surface area contributed by atoms with Gasteiger partial charge in [0.25, 0.3) is 0 Å². The SMILES string of the molecule is C[C@@H](CN(Cc1ccccc1)C(=O)CCl)NC(=O)OC(C)(C)C. The van der Waals surface area contributed by atoms with E-state index in [1.54, 1.807) is 25.7 Å². The van der Waals surface area contributed by atoms with Crippen LogP contribution in [0, 0.1) is 0 Å². The van der Waals surface area contributed by atoms with Crippen LogP contribution >= 0.6 is 11.6 Å². The Hall–Kier alpha value is -1.75. The molecular weight excluding hydrogens is 316 g/mol. The minimum Gasteiger partial charge on any atom is -0.444 e. The molecule has 0 aromatic heterocycles. The maximum absolute atomic E-state index is 12.0. The standard InChI is InChI=1S/C17H25ClN2O3/c1-13(19-16(22)23-17(2,3)4)11-20(15(21)10-18)12-14-8-6-5-7-9-14/h5-9,13H,10-12H2,1-4H3,(H,19,22)/t13-/m0/s1. The second kappa shape index (κ2) is 8.77. The zero-order valence-corrected chi connectivity index (χ0v) is 14.9. The Balaban J connectivity index is 2.63. The van der Waals surface area contributed by atoms with Crippen molar-refractivity contribution in [3.63, 3.8) is 0 Å². The Morgan fingerprint density at radius 1 is 1.26 bits per heavy atom. The molecule has 1 aromatic carbocycles. The molecular formula is C17H25ClN2O3. The van der Waals surface area contributed by atoms with Crippen LogP contribution in [0.1, 0.15) is 33.3 Å². The molecule has 6 heteroatoms. The summed E-state index contributed by atoms with van der Waals surface area (Å²) in [5.74, 6) is -0.264. The van der Waals surface area contributed by atoms with Crippen molar-refractivity contribution in [1.29, 1.82) is 0 Å². The van der Waals surface area contributed by atoms with Gasteiger partial charge in [-0.05, 0) is 33.3 Å². The van der Waals surface area contributed by atoms with E-state index in [1.807, 2.05) is 37.3 Å². The van der Waals surface area contributed by atoms with Crippen LogP contribution in [-0.2, 0) is 16.1 Å². The molecule has 0 saturated heterocycles. The molecule has 0 aliphatic carbocycles. The van der Waals surface area contributed by atoms with Crippen LogP contribution in [0.25, 0.3) is 0 Å². The second-order valence-electron chi connectivity index (χ2n) is 6.44. The third kappa shape index (κ3) is 7.88. The Morgan fingerprint density at radius 3 is 2.39 bits per heavy atom. The topological polar surface area (TPSA) is 58.6 Å². The number of benzene rings is 1. The molecule has 0 unspecified atom stereocenters. The molecule has 0 bridgehead atoms. The van der Waals surface area contributed by atoms with E-state index in [4.69, 9.17) is 16.3 Å². The summed E-state index contributed by atoms with van der Waals surface area (Å²) in [6.45, 7) is 8.04. The van der Waals surface area contributed by atoms with Crippen LogP contribution < -0.4 is 5.32 Å². The molecule has 0 aliphatic heterocycles. The first-order valence-corrected chi connectivity index (χ1v) is 8.12. The van der Waals surface area contributed by atoms with Crippen molar-refractivity contribution >= 4 is 23.6 Å². The van der Waals surface area contributed by atoms with Crippen molar-refractivity contribution in [2.24, 2.45) is 0 Å². The summed E-state index contributed by atoms with van der Waals surface area (Å²) in [6, 6.07) is 9.40. The molecule has 1 atom stereocenters. The predicted molar refractivity (Wildman–Crippen MR) is 91.4 cm³/mol. The Labute approximate surface area is 142 Å². The number of ether oxygens (including phenoxy) is 1. The van der Waals surface area contributed by atoms with Gasteiger partial charge in [0.2, 0.25) is 5.91 Å². The fourth-order valence-corrected chi connectivity index (χ4v) is 2.20. The van der Waals surface area contributed by atoms with Crippen molar-refractivity contribution in [1.82, 2.24) is 10.2 Å². The molecule has 128 valence electrons. The van der Waals surface area contributed by atoms with Crippen LogP contribution in [0.2, 0.25) is 0 Å². The highest BCUT2D eigenvalue weighted by molar-refractivity contribution is 6.27. The van der Waals surface area contributed by atoms with E-state index >= 15 is 0 Å². The van der Waals surface area contributed by atoms with Gasteiger partial charge in [-0.25, -0.2) is 4.79 Å². The predicted octanol–water partition coefficient (Wildman–Crippen LogP) is 3.17. The highest BCUT2D eigenvalue weighted by Gasteiger charge is 2.20. The molecule has 23 heavy (non-hydrogen) atoms. The number of alkyl halides is 1. The number of carbonyl (C=O) groups excluding carboxylic acids is 2. The zero-order valence-electron chi connectivity index (χ0n) is 14.1. The van der Waals surface area contributed by atoms with Crippen LogP contribution in [0.5, 0.6) is 0 Å².